The number of hydrogen-bond donors (Lipinski definition) is 0. The van der Waals surface area contributed by atoms with Crippen molar-refractivity contribution in [1.29, 1.82) is 5.26 Å². The van der Waals surface area contributed by atoms with Crippen molar-refractivity contribution in [1.82, 2.24) is 0 Å². The Hall–Kier alpha value is -0.416. The molecule has 0 heterocycles. The molecule has 0 unspecified atom stereocenters. The van der Waals surface area contributed by atoms with Gasteiger partial charge in [0.15, 0.2) is 22.2 Å². The van der Waals surface area contributed by atoms with Gasteiger partial charge in [-0.3, -0.25) is 0 Å². The minimum atomic E-state index is -2.08. The van der Waals surface area contributed by atoms with E-state index in [2.05, 4.69) is 79.5 Å². The molecule has 5 heteroatoms. The van der Waals surface area contributed by atoms with Crippen LogP contribution in [-0.4, -0.2) is 27.8 Å². The number of nitrogens with zero attached hydrogens (tertiary/aromatic N) is 1. The van der Waals surface area contributed by atoms with Gasteiger partial charge in [0.25, 0.3) is 0 Å². The fraction of sp³-hybridized carbons (Fsp3) is 0.857. The minimum Gasteiger partial charge on any atom is -0.412 e. The Balaban J connectivity index is 2.53. The van der Waals surface area contributed by atoms with Crippen LogP contribution in [0.15, 0.2) is 11.6 Å². The standard InChI is InChI=1S/C21H39NO2Si2/c1-16-11-14-21(15-22,24-26(9,10)19(2,3)4)18-17(16)12-13-20(18,5)23-25(6,7)8/h11,17-18H,12-14H2,1-10H3/t17-,18-,20-,21+/m1/s1. The van der Waals surface area contributed by atoms with Crippen LogP contribution in [0.1, 0.15) is 53.9 Å². The average Bonchev–Trinajstić information content (AvgIpc) is 2.77. The smallest absolute Gasteiger partial charge is 0.194 e. The van der Waals surface area contributed by atoms with Crippen molar-refractivity contribution >= 4 is 16.6 Å². The fourth-order valence-corrected chi connectivity index (χ4v) is 7.86. The van der Waals surface area contributed by atoms with E-state index in [9.17, 15) is 5.26 Å². The highest BCUT2D eigenvalue weighted by Crippen LogP contribution is 2.57. The third-order valence-corrected chi connectivity index (χ3v) is 12.4. The highest BCUT2D eigenvalue weighted by Gasteiger charge is 2.62. The zero-order chi connectivity index (χ0) is 20.2. The SMILES string of the molecule is CC1=CC[C@@](C#N)(O[Si](C)(C)C(C)(C)C)[C@@H]2[C@@H]1CC[C@@]2(C)O[Si](C)(C)C. The summed E-state index contributed by atoms with van der Waals surface area (Å²) in [6.45, 7) is 22.5. The van der Waals surface area contributed by atoms with Gasteiger partial charge in [-0.25, -0.2) is 0 Å². The van der Waals surface area contributed by atoms with Crippen LogP contribution in [0.25, 0.3) is 0 Å². The highest BCUT2D eigenvalue weighted by atomic mass is 28.4. The zero-order valence-electron chi connectivity index (χ0n) is 18.6. The third kappa shape index (κ3) is 3.89. The van der Waals surface area contributed by atoms with Crippen molar-refractivity contribution in [3.8, 4) is 6.07 Å². The summed E-state index contributed by atoms with van der Waals surface area (Å²) in [4.78, 5) is 0. The van der Waals surface area contributed by atoms with E-state index < -0.39 is 22.2 Å². The van der Waals surface area contributed by atoms with Crippen LogP contribution in [0.2, 0.25) is 37.8 Å². The maximum atomic E-state index is 10.4. The van der Waals surface area contributed by atoms with Crippen LogP contribution in [0, 0.1) is 23.2 Å². The largest absolute Gasteiger partial charge is 0.412 e. The van der Waals surface area contributed by atoms with E-state index in [0.29, 0.717) is 12.3 Å². The molecule has 26 heavy (non-hydrogen) atoms. The molecule has 0 saturated heterocycles. The summed E-state index contributed by atoms with van der Waals surface area (Å²) >= 11 is 0. The number of rotatable bonds is 4. The van der Waals surface area contributed by atoms with Gasteiger partial charge in [0, 0.05) is 12.3 Å². The van der Waals surface area contributed by atoms with Crippen molar-refractivity contribution in [3.05, 3.63) is 11.6 Å². The van der Waals surface area contributed by atoms with Gasteiger partial charge in [0.05, 0.1) is 11.7 Å². The van der Waals surface area contributed by atoms with E-state index in [1.54, 1.807) is 0 Å². The number of hydrogen-bond acceptors (Lipinski definition) is 3. The second kappa shape index (κ2) is 6.58. The third-order valence-electron chi connectivity index (χ3n) is 6.80. The lowest BCUT2D eigenvalue weighted by molar-refractivity contribution is -0.0681. The predicted octanol–water partition coefficient (Wildman–Crippen LogP) is 6.26. The van der Waals surface area contributed by atoms with Crippen molar-refractivity contribution in [2.75, 3.05) is 0 Å². The first-order valence-electron chi connectivity index (χ1n) is 10.1. The molecule has 0 bridgehead atoms. The first-order chi connectivity index (χ1) is 11.6. The number of fused-ring (bicyclic) bond motifs is 1. The quantitative estimate of drug-likeness (QED) is 0.418. The van der Waals surface area contributed by atoms with Gasteiger partial charge in [-0.05, 0) is 70.4 Å². The molecular formula is C21H39NO2Si2. The van der Waals surface area contributed by atoms with Crippen molar-refractivity contribution in [2.24, 2.45) is 11.8 Å². The van der Waals surface area contributed by atoms with Crippen LogP contribution in [0.5, 0.6) is 0 Å². The van der Waals surface area contributed by atoms with Crippen LogP contribution in [-0.2, 0) is 8.85 Å². The van der Waals surface area contributed by atoms with Gasteiger partial charge in [0.2, 0.25) is 0 Å². The van der Waals surface area contributed by atoms with Crippen molar-refractivity contribution in [2.45, 2.75) is 103 Å². The lowest BCUT2D eigenvalue weighted by atomic mass is 9.67. The average molecular weight is 394 g/mol. The molecule has 3 nitrogen and oxygen atoms in total. The van der Waals surface area contributed by atoms with E-state index in [1.165, 1.54) is 5.57 Å². The number of allylic oxidation sites excluding steroid dienone is 1. The first-order valence-corrected chi connectivity index (χ1v) is 16.4. The molecule has 0 aromatic carbocycles. The molecule has 2 aliphatic rings. The van der Waals surface area contributed by atoms with Crippen molar-refractivity contribution in [3.63, 3.8) is 0 Å². The Labute approximate surface area is 163 Å². The molecule has 148 valence electrons. The second-order valence-electron chi connectivity index (χ2n) is 11.2. The summed E-state index contributed by atoms with van der Waals surface area (Å²) in [6, 6.07) is 2.68. The first kappa shape index (κ1) is 21.9. The Morgan fingerprint density at radius 3 is 2.19 bits per heavy atom. The molecule has 0 amide bonds. The zero-order valence-corrected chi connectivity index (χ0v) is 20.6. The van der Waals surface area contributed by atoms with Gasteiger partial charge in [-0.2, -0.15) is 5.26 Å². The molecule has 0 N–H and O–H groups in total. The van der Waals surface area contributed by atoms with Crippen LogP contribution in [0.4, 0.5) is 0 Å². The lowest BCUT2D eigenvalue weighted by Crippen LogP contribution is -2.60. The summed E-state index contributed by atoms with van der Waals surface area (Å²) in [5, 5.41) is 10.5. The van der Waals surface area contributed by atoms with Crippen LogP contribution < -0.4 is 0 Å². The van der Waals surface area contributed by atoms with E-state index >= 15 is 0 Å². The normalized spacial score (nSPS) is 35.7. The molecule has 0 radical (unpaired) electrons. The molecular weight excluding hydrogens is 354 g/mol. The Bertz CT molecular complexity index is 623. The van der Waals surface area contributed by atoms with Gasteiger partial charge in [-0.1, -0.05) is 32.4 Å². The van der Waals surface area contributed by atoms with Crippen LogP contribution >= 0.6 is 0 Å². The lowest BCUT2D eigenvalue weighted by Gasteiger charge is -2.52. The van der Waals surface area contributed by atoms with E-state index in [1.807, 2.05) is 0 Å². The fourth-order valence-electron chi connectivity index (χ4n) is 4.76. The molecule has 1 saturated carbocycles. The van der Waals surface area contributed by atoms with Crippen LogP contribution in [0.3, 0.4) is 0 Å². The molecule has 0 aliphatic heterocycles. The molecule has 2 aliphatic carbocycles. The summed E-state index contributed by atoms with van der Waals surface area (Å²) in [5.74, 6) is 0.514. The summed E-state index contributed by atoms with van der Waals surface area (Å²) in [6.07, 6.45) is 5.06. The predicted molar refractivity (Wildman–Crippen MR) is 114 cm³/mol. The molecule has 0 spiro atoms. The highest BCUT2D eigenvalue weighted by molar-refractivity contribution is 6.74. The summed E-state index contributed by atoms with van der Waals surface area (Å²) in [5.41, 5.74) is 0.378. The van der Waals surface area contributed by atoms with Gasteiger partial charge >= 0.3 is 0 Å². The maximum absolute atomic E-state index is 10.4. The Kier molecular flexibility index (Phi) is 5.54. The molecule has 1 fully saturated rings. The van der Waals surface area contributed by atoms with E-state index in [0.717, 1.165) is 12.8 Å². The van der Waals surface area contributed by atoms with Crippen molar-refractivity contribution < 1.29 is 8.85 Å². The van der Waals surface area contributed by atoms with Gasteiger partial charge < -0.3 is 8.85 Å². The minimum absolute atomic E-state index is 0.0805. The molecule has 2 rings (SSSR count). The van der Waals surface area contributed by atoms with Gasteiger partial charge in [-0.15, -0.1) is 0 Å². The van der Waals surface area contributed by atoms with E-state index in [-0.39, 0.29) is 16.6 Å². The molecule has 4 atom stereocenters. The number of nitriles is 1. The maximum Gasteiger partial charge on any atom is 0.194 e. The van der Waals surface area contributed by atoms with E-state index in [4.69, 9.17) is 8.85 Å². The topological polar surface area (TPSA) is 42.2 Å². The summed E-state index contributed by atoms with van der Waals surface area (Å²) < 4.78 is 13.7. The second-order valence-corrected chi connectivity index (χ2v) is 20.3. The monoisotopic (exact) mass is 393 g/mol. The molecule has 0 aromatic rings. The summed E-state index contributed by atoms with van der Waals surface area (Å²) in [7, 11) is -3.82. The Morgan fingerprint density at radius 2 is 1.73 bits per heavy atom. The van der Waals surface area contributed by atoms with Gasteiger partial charge in [0.1, 0.15) is 0 Å². The molecule has 0 aromatic heterocycles. The Morgan fingerprint density at radius 1 is 1.15 bits per heavy atom.